The van der Waals surface area contributed by atoms with Gasteiger partial charge in [0.15, 0.2) is 5.65 Å². The van der Waals surface area contributed by atoms with E-state index in [9.17, 15) is 4.79 Å². The molecule has 0 spiro atoms. The van der Waals surface area contributed by atoms with Crippen molar-refractivity contribution >= 4 is 27.5 Å². The number of aromatic nitrogens is 3. The Morgan fingerprint density at radius 3 is 2.39 bits per heavy atom. The molecule has 0 radical (unpaired) electrons. The van der Waals surface area contributed by atoms with Crippen molar-refractivity contribution in [1.82, 2.24) is 14.4 Å². The Balaban J connectivity index is 2.13. The van der Waals surface area contributed by atoms with Gasteiger partial charge in [0.25, 0.3) is 0 Å². The molecule has 3 aromatic heterocycles. The van der Waals surface area contributed by atoms with Crippen molar-refractivity contribution in [3.05, 3.63) is 77.2 Å². The molecule has 0 saturated carbocycles. The van der Waals surface area contributed by atoms with Gasteiger partial charge >= 0.3 is 0 Å². The highest BCUT2D eigenvalue weighted by Crippen LogP contribution is 2.31. The largest absolute Gasteiger partial charge is 0.287 e. The monoisotopic (exact) mass is 297 g/mol. The van der Waals surface area contributed by atoms with Crippen LogP contribution >= 0.6 is 0 Å². The van der Waals surface area contributed by atoms with Gasteiger partial charge in [0.2, 0.25) is 5.43 Å². The molecule has 4 nitrogen and oxygen atoms in total. The molecule has 0 atom stereocenters. The third-order valence-electron chi connectivity index (χ3n) is 4.24. The first-order valence-electron chi connectivity index (χ1n) is 7.40. The van der Waals surface area contributed by atoms with E-state index >= 15 is 0 Å². The molecule has 5 aromatic rings. The summed E-state index contributed by atoms with van der Waals surface area (Å²) in [5.41, 5.74) is 4.10. The Kier molecular flexibility index (Phi) is 2.33. The van der Waals surface area contributed by atoms with E-state index in [1.807, 2.05) is 59.0 Å². The number of fused-ring (bicyclic) bond motifs is 2. The van der Waals surface area contributed by atoms with E-state index in [1.165, 1.54) is 0 Å². The smallest absolute Gasteiger partial charge is 0.212 e. The number of hydrogen-bond donors (Lipinski definition) is 0. The average Bonchev–Trinajstić information content (AvgIpc) is 3.01. The Hall–Kier alpha value is -3.27. The highest BCUT2D eigenvalue weighted by molar-refractivity contribution is 6.06. The summed E-state index contributed by atoms with van der Waals surface area (Å²) in [6.45, 7) is 0. The second-order valence-corrected chi connectivity index (χ2v) is 5.54. The Bertz CT molecular complexity index is 1230. The van der Waals surface area contributed by atoms with Crippen molar-refractivity contribution in [2.45, 2.75) is 0 Å². The van der Waals surface area contributed by atoms with Crippen LogP contribution < -0.4 is 5.43 Å². The van der Waals surface area contributed by atoms with E-state index in [4.69, 9.17) is 4.98 Å². The van der Waals surface area contributed by atoms with E-state index in [-0.39, 0.29) is 5.43 Å². The molecule has 108 valence electrons. The zero-order valence-electron chi connectivity index (χ0n) is 12.1. The lowest BCUT2D eigenvalue weighted by molar-refractivity contribution is 1.20. The Labute approximate surface area is 131 Å². The molecule has 0 aliphatic carbocycles. The SMILES string of the molecule is O=c1c2ccccc2c2c(-c3ccccc3)nc3cncc1n32. The maximum absolute atomic E-state index is 12.8. The second kappa shape index (κ2) is 4.36. The van der Waals surface area contributed by atoms with Gasteiger partial charge in [-0.05, 0) is 0 Å². The standard InChI is InChI=1S/C19H11N3O/c23-19-14-9-5-4-8-13(14)18-17(12-6-2-1-3-7-12)21-16-11-20-10-15(19)22(16)18/h1-11H. The van der Waals surface area contributed by atoms with Gasteiger partial charge in [-0.3, -0.25) is 14.2 Å². The van der Waals surface area contributed by atoms with Crippen LogP contribution in [0.25, 0.3) is 38.7 Å². The maximum atomic E-state index is 12.8. The van der Waals surface area contributed by atoms with Crippen LogP contribution in [0.2, 0.25) is 0 Å². The maximum Gasteiger partial charge on any atom is 0.212 e. The summed E-state index contributed by atoms with van der Waals surface area (Å²) in [7, 11) is 0. The van der Waals surface area contributed by atoms with Crippen LogP contribution in [0.15, 0.2) is 71.8 Å². The predicted molar refractivity (Wildman–Crippen MR) is 90.9 cm³/mol. The summed E-state index contributed by atoms with van der Waals surface area (Å²) in [6.07, 6.45) is 3.31. The van der Waals surface area contributed by atoms with Crippen LogP contribution in [0.1, 0.15) is 0 Å². The van der Waals surface area contributed by atoms with Gasteiger partial charge in [-0.15, -0.1) is 0 Å². The molecule has 0 aliphatic heterocycles. The summed E-state index contributed by atoms with van der Waals surface area (Å²) >= 11 is 0. The first-order chi connectivity index (χ1) is 11.3. The second-order valence-electron chi connectivity index (χ2n) is 5.54. The van der Waals surface area contributed by atoms with Crippen molar-refractivity contribution < 1.29 is 0 Å². The first-order valence-corrected chi connectivity index (χ1v) is 7.40. The zero-order valence-corrected chi connectivity index (χ0v) is 12.1. The van der Waals surface area contributed by atoms with E-state index in [0.717, 1.165) is 22.2 Å². The molecule has 0 N–H and O–H groups in total. The molecule has 5 rings (SSSR count). The van der Waals surface area contributed by atoms with E-state index in [2.05, 4.69) is 4.98 Å². The van der Waals surface area contributed by atoms with Crippen LogP contribution in [0.4, 0.5) is 0 Å². The van der Waals surface area contributed by atoms with Crippen molar-refractivity contribution in [1.29, 1.82) is 0 Å². The minimum Gasteiger partial charge on any atom is -0.287 e. The molecule has 0 aliphatic rings. The molecule has 3 heterocycles. The van der Waals surface area contributed by atoms with Crippen LogP contribution in [-0.2, 0) is 0 Å². The number of nitrogens with zero attached hydrogens (tertiary/aromatic N) is 3. The minimum atomic E-state index is -0.0109. The fourth-order valence-corrected chi connectivity index (χ4v) is 3.23. The molecule has 0 amide bonds. The molecule has 4 heteroatoms. The summed E-state index contributed by atoms with van der Waals surface area (Å²) in [5.74, 6) is 0. The lowest BCUT2D eigenvalue weighted by Gasteiger charge is -2.06. The Morgan fingerprint density at radius 2 is 1.57 bits per heavy atom. The summed E-state index contributed by atoms with van der Waals surface area (Å²) in [6, 6.07) is 17.7. The third-order valence-corrected chi connectivity index (χ3v) is 4.24. The highest BCUT2D eigenvalue weighted by Gasteiger charge is 2.18. The molecule has 0 fully saturated rings. The van der Waals surface area contributed by atoms with Gasteiger partial charge in [-0.25, -0.2) is 4.98 Å². The lowest BCUT2D eigenvalue weighted by Crippen LogP contribution is -2.08. The van der Waals surface area contributed by atoms with Gasteiger partial charge in [0, 0.05) is 16.3 Å². The number of imidazole rings is 1. The van der Waals surface area contributed by atoms with Crippen LogP contribution in [0, 0.1) is 0 Å². The van der Waals surface area contributed by atoms with Gasteiger partial charge in [-0.2, -0.15) is 0 Å². The minimum absolute atomic E-state index is 0.0109. The first kappa shape index (κ1) is 12.3. The lowest BCUT2D eigenvalue weighted by atomic mass is 10.1. The number of pyridine rings is 1. The molecule has 0 unspecified atom stereocenters. The van der Waals surface area contributed by atoms with Crippen LogP contribution in [0.5, 0.6) is 0 Å². The zero-order chi connectivity index (χ0) is 15.4. The summed E-state index contributed by atoms with van der Waals surface area (Å²) in [4.78, 5) is 21.7. The van der Waals surface area contributed by atoms with Crippen molar-refractivity contribution in [3.8, 4) is 11.3 Å². The van der Waals surface area contributed by atoms with Gasteiger partial charge in [0.05, 0.1) is 23.6 Å². The molecule has 0 saturated heterocycles. The van der Waals surface area contributed by atoms with Crippen molar-refractivity contribution in [3.63, 3.8) is 0 Å². The van der Waals surface area contributed by atoms with Crippen molar-refractivity contribution in [2.75, 3.05) is 0 Å². The van der Waals surface area contributed by atoms with Gasteiger partial charge in [-0.1, -0.05) is 54.6 Å². The topological polar surface area (TPSA) is 47.3 Å². The van der Waals surface area contributed by atoms with Gasteiger partial charge in [0.1, 0.15) is 5.52 Å². The summed E-state index contributed by atoms with van der Waals surface area (Å²) < 4.78 is 1.92. The molecular formula is C19H11N3O. The predicted octanol–water partition coefficient (Wildman–Crippen LogP) is 3.50. The van der Waals surface area contributed by atoms with E-state index in [1.54, 1.807) is 12.4 Å². The van der Waals surface area contributed by atoms with Crippen LogP contribution in [-0.4, -0.2) is 14.4 Å². The fraction of sp³-hybridized carbons (Fsp3) is 0. The quantitative estimate of drug-likeness (QED) is 0.445. The third kappa shape index (κ3) is 1.57. The normalized spacial score (nSPS) is 11.7. The molecular weight excluding hydrogens is 286 g/mol. The van der Waals surface area contributed by atoms with E-state index in [0.29, 0.717) is 16.6 Å². The molecule has 0 bridgehead atoms. The number of hydrogen-bond acceptors (Lipinski definition) is 3. The van der Waals surface area contributed by atoms with Crippen LogP contribution in [0.3, 0.4) is 0 Å². The van der Waals surface area contributed by atoms with Gasteiger partial charge < -0.3 is 0 Å². The number of benzene rings is 2. The fourth-order valence-electron chi connectivity index (χ4n) is 3.23. The van der Waals surface area contributed by atoms with Crippen molar-refractivity contribution in [2.24, 2.45) is 0 Å². The van der Waals surface area contributed by atoms with E-state index < -0.39 is 0 Å². The summed E-state index contributed by atoms with van der Waals surface area (Å²) in [5, 5.41) is 1.62. The average molecular weight is 297 g/mol. The Morgan fingerprint density at radius 1 is 0.826 bits per heavy atom. The molecule has 23 heavy (non-hydrogen) atoms. The number of rotatable bonds is 1. The molecule has 2 aromatic carbocycles. The highest BCUT2D eigenvalue weighted by atomic mass is 16.1.